The second-order valence-electron chi connectivity index (χ2n) is 5.72. The van der Waals surface area contributed by atoms with Crippen LogP contribution in [0.15, 0.2) is 12.7 Å². The molecule has 1 rings (SSSR count). The molecule has 2 atom stereocenters. The standard InChI is InChI=1S/C13H20FNO4/c1-5-6-13(10(16)17)7-9(14)8-15(13)11(18)19-12(2,3)4/h5,9H,1,6-8H2,2-4H3,(H,16,17)/t9-,13+/m0/s1. The SMILES string of the molecule is C=CC[C@]1(C(=O)O)C[C@H](F)CN1C(=O)OC(C)(C)C. The summed E-state index contributed by atoms with van der Waals surface area (Å²) in [5, 5.41) is 9.37. The van der Waals surface area contributed by atoms with Crippen molar-refractivity contribution in [2.75, 3.05) is 6.54 Å². The van der Waals surface area contributed by atoms with Crippen molar-refractivity contribution in [3.63, 3.8) is 0 Å². The van der Waals surface area contributed by atoms with E-state index < -0.39 is 29.4 Å². The summed E-state index contributed by atoms with van der Waals surface area (Å²) in [4.78, 5) is 24.5. The van der Waals surface area contributed by atoms with Crippen molar-refractivity contribution in [2.45, 2.75) is 50.9 Å². The first kappa shape index (κ1) is 15.5. The maximum atomic E-state index is 13.6. The van der Waals surface area contributed by atoms with Gasteiger partial charge in [0.05, 0.1) is 6.54 Å². The van der Waals surface area contributed by atoms with E-state index in [4.69, 9.17) is 4.74 Å². The van der Waals surface area contributed by atoms with E-state index in [0.29, 0.717) is 0 Å². The van der Waals surface area contributed by atoms with Crippen LogP contribution in [-0.2, 0) is 9.53 Å². The van der Waals surface area contributed by atoms with E-state index in [9.17, 15) is 19.1 Å². The molecule has 1 aliphatic rings. The lowest BCUT2D eigenvalue weighted by molar-refractivity contribution is -0.149. The number of hydrogen-bond acceptors (Lipinski definition) is 3. The number of aliphatic carboxylic acids is 1. The molecule has 0 spiro atoms. The highest BCUT2D eigenvalue weighted by Crippen LogP contribution is 2.36. The molecule has 1 amide bonds. The van der Waals surface area contributed by atoms with Crippen molar-refractivity contribution in [3.8, 4) is 0 Å². The lowest BCUT2D eigenvalue weighted by atomic mass is 9.92. The molecule has 0 bridgehead atoms. The quantitative estimate of drug-likeness (QED) is 0.802. The lowest BCUT2D eigenvalue weighted by Gasteiger charge is -2.34. The highest BCUT2D eigenvalue weighted by molar-refractivity contribution is 5.85. The Labute approximate surface area is 112 Å². The van der Waals surface area contributed by atoms with Crippen molar-refractivity contribution in [3.05, 3.63) is 12.7 Å². The molecule has 1 aliphatic heterocycles. The van der Waals surface area contributed by atoms with Crippen LogP contribution in [0.25, 0.3) is 0 Å². The zero-order valence-electron chi connectivity index (χ0n) is 11.5. The third-order valence-corrected chi connectivity index (χ3v) is 2.95. The predicted octanol–water partition coefficient (Wildman–Crippen LogP) is 2.36. The smallest absolute Gasteiger partial charge is 0.411 e. The van der Waals surface area contributed by atoms with Gasteiger partial charge in [-0.05, 0) is 27.2 Å². The Morgan fingerprint density at radius 1 is 1.58 bits per heavy atom. The molecule has 108 valence electrons. The molecule has 0 saturated carbocycles. The van der Waals surface area contributed by atoms with Crippen LogP contribution in [0.2, 0.25) is 0 Å². The fraction of sp³-hybridized carbons (Fsp3) is 0.692. The van der Waals surface area contributed by atoms with Gasteiger partial charge in [-0.2, -0.15) is 0 Å². The Bertz CT molecular complexity index is 391. The van der Waals surface area contributed by atoms with Crippen LogP contribution in [0.1, 0.15) is 33.6 Å². The average molecular weight is 273 g/mol. The number of halogens is 1. The largest absolute Gasteiger partial charge is 0.479 e. The summed E-state index contributed by atoms with van der Waals surface area (Å²) in [6, 6.07) is 0. The highest BCUT2D eigenvalue weighted by atomic mass is 19.1. The topological polar surface area (TPSA) is 66.8 Å². The molecular formula is C13H20FNO4. The van der Waals surface area contributed by atoms with E-state index in [1.807, 2.05) is 0 Å². The number of ether oxygens (including phenoxy) is 1. The molecule has 0 radical (unpaired) electrons. The Morgan fingerprint density at radius 3 is 2.58 bits per heavy atom. The first-order chi connectivity index (χ1) is 8.62. The van der Waals surface area contributed by atoms with E-state index in [2.05, 4.69) is 6.58 Å². The van der Waals surface area contributed by atoms with Gasteiger partial charge in [0, 0.05) is 6.42 Å². The van der Waals surface area contributed by atoms with Gasteiger partial charge in [-0.25, -0.2) is 14.0 Å². The van der Waals surface area contributed by atoms with Gasteiger partial charge in [-0.1, -0.05) is 6.08 Å². The van der Waals surface area contributed by atoms with Gasteiger partial charge in [0.2, 0.25) is 0 Å². The van der Waals surface area contributed by atoms with E-state index in [-0.39, 0.29) is 19.4 Å². The number of carboxylic acids is 1. The van der Waals surface area contributed by atoms with Crippen LogP contribution < -0.4 is 0 Å². The maximum absolute atomic E-state index is 13.6. The third kappa shape index (κ3) is 3.24. The molecule has 1 saturated heterocycles. The second-order valence-corrected chi connectivity index (χ2v) is 5.72. The molecule has 0 aromatic rings. The fourth-order valence-electron chi connectivity index (χ4n) is 2.20. The highest BCUT2D eigenvalue weighted by Gasteiger charge is 2.54. The van der Waals surface area contributed by atoms with Crippen LogP contribution in [0, 0.1) is 0 Å². The van der Waals surface area contributed by atoms with Crippen LogP contribution in [0.3, 0.4) is 0 Å². The lowest BCUT2D eigenvalue weighted by Crippen LogP contribution is -2.54. The maximum Gasteiger partial charge on any atom is 0.411 e. The van der Waals surface area contributed by atoms with E-state index >= 15 is 0 Å². The number of alkyl halides is 1. The summed E-state index contributed by atoms with van der Waals surface area (Å²) >= 11 is 0. The van der Waals surface area contributed by atoms with Crippen molar-refractivity contribution in [1.82, 2.24) is 4.90 Å². The molecule has 19 heavy (non-hydrogen) atoms. The van der Waals surface area contributed by atoms with Gasteiger partial charge >= 0.3 is 12.1 Å². The monoisotopic (exact) mass is 273 g/mol. The first-order valence-electron chi connectivity index (χ1n) is 6.11. The Balaban J connectivity index is 3.04. The molecular weight excluding hydrogens is 253 g/mol. The van der Waals surface area contributed by atoms with Crippen LogP contribution in [0.5, 0.6) is 0 Å². The van der Waals surface area contributed by atoms with Gasteiger partial charge in [-0.3, -0.25) is 4.90 Å². The van der Waals surface area contributed by atoms with Crippen molar-refractivity contribution < 1.29 is 23.8 Å². The summed E-state index contributed by atoms with van der Waals surface area (Å²) in [5.74, 6) is -1.24. The summed E-state index contributed by atoms with van der Waals surface area (Å²) in [7, 11) is 0. The number of nitrogens with zero attached hydrogens (tertiary/aromatic N) is 1. The molecule has 5 nitrogen and oxygen atoms in total. The Kier molecular flexibility index (Phi) is 4.22. The molecule has 1 N–H and O–H groups in total. The van der Waals surface area contributed by atoms with Crippen molar-refractivity contribution >= 4 is 12.1 Å². The minimum absolute atomic E-state index is 0.0119. The summed E-state index contributed by atoms with van der Waals surface area (Å²) in [6.07, 6.45) is -1.06. The predicted molar refractivity (Wildman–Crippen MR) is 67.6 cm³/mol. The Morgan fingerprint density at radius 2 is 2.16 bits per heavy atom. The fourth-order valence-corrected chi connectivity index (χ4v) is 2.20. The second kappa shape index (κ2) is 5.19. The zero-order chi connectivity index (χ0) is 14.8. The van der Waals surface area contributed by atoms with Gasteiger partial charge in [0.25, 0.3) is 0 Å². The number of amides is 1. The van der Waals surface area contributed by atoms with E-state index in [1.165, 1.54) is 6.08 Å². The first-order valence-corrected chi connectivity index (χ1v) is 6.11. The van der Waals surface area contributed by atoms with E-state index in [0.717, 1.165) is 4.90 Å². The Hall–Kier alpha value is -1.59. The number of hydrogen-bond donors (Lipinski definition) is 1. The number of rotatable bonds is 3. The molecule has 1 fully saturated rings. The van der Waals surface area contributed by atoms with Gasteiger partial charge in [0.1, 0.15) is 17.3 Å². The number of likely N-dealkylation sites (tertiary alicyclic amines) is 1. The summed E-state index contributed by atoms with van der Waals surface area (Å²) < 4.78 is 18.7. The zero-order valence-corrected chi connectivity index (χ0v) is 11.5. The molecule has 0 aliphatic carbocycles. The van der Waals surface area contributed by atoms with Gasteiger partial charge in [0.15, 0.2) is 0 Å². The normalized spacial score (nSPS) is 27.2. The number of carbonyl (C=O) groups is 2. The van der Waals surface area contributed by atoms with Crippen LogP contribution in [-0.4, -0.2) is 45.9 Å². The van der Waals surface area contributed by atoms with Crippen molar-refractivity contribution in [2.24, 2.45) is 0 Å². The number of carbonyl (C=O) groups excluding carboxylic acids is 1. The minimum Gasteiger partial charge on any atom is -0.479 e. The van der Waals surface area contributed by atoms with Gasteiger partial charge in [-0.15, -0.1) is 6.58 Å². The van der Waals surface area contributed by atoms with Gasteiger partial charge < -0.3 is 9.84 Å². The molecule has 0 aromatic heterocycles. The van der Waals surface area contributed by atoms with Crippen LogP contribution in [0.4, 0.5) is 9.18 Å². The number of carboxylic acid groups (broad SMARTS) is 1. The molecule has 6 heteroatoms. The minimum atomic E-state index is -1.59. The molecule has 0 unspecified atom stereocenters. The summed E-state index contributed by atoms with van der Waals surface area (Å²) in [6.45, 7) is 8.22. The third-order valence-electron chi connectivity index (χ3n) is 2.95. The molecule has 1 heterocycles. The van der Waals surface area contributed by atoms with Crippen LogP contribution >= 0.6 is 0 Å². The van der Waals surface area contributed by atoms with Crippen molar-refractivity contribution in [1.29, 1.82) is 0 Å². The molecule has 0 aromatic carbocycles. The summed E-state index contributed by atoms with van der Waals surface area (Å²) in [5.41, 5.74) is -2.35. The average Bonchev–Trinajstić information content (AvgIpc) is 2.55. The van der Waals surface area contributed by atoms with E-state index in [1.54, 1.807) is 20.8 Å².